The molecule has 4 N–H and O–H groups in total. The van der Waals surface area contributed by atoms with Gasteiger partial charge in [0.25, 0.3) is 15.9 Å². The number of benzene rings is 2. The summed E-state index contributed by atoms with van der Waals surface area (Å²) >= 11 is 6.34. The van der Waals surface area contributed by atoms with Crippen LogP contribution >= 0.6 is 23.6 Å². The van der Waals surface area contributed by atoms with Gasteiger partial charge < -0.3 is 5.32 Å². The number of aryl methyl sites for hydroxylation is 2. The predicted molar refractivity (Wildman–Crippen MR) is 124 cm³/mol. The fourth-order valence-electron chi connectivity index (χ4n) is 2.72. The number of anilines is 2. The smallest absolute Gasteiger partial charge is 0.271 e. The van der Waals surface area contributed by atoms with Crippen molar-refractivity contribution in [3.63, 3.8) is 0 Å². The van der Waals surface area contributed by atoms with Gasteiger partial charge in [-0.25, -0.2) is 8.42 Å². The highest BCUT2D eigenvalue weighted by atomic mass is 32.2. The lowest BCUT2D eigenvalue weighted by Crippen LogP contribution is -2.44. The molecule has 156 valence electrons. The number of carbonyl (C=O) groups is 1. The van der Waals surface area contributed by atoms with E-state index in [1.165, 1.54) is 18.2 Å². The molecule has 0 aliphatic carbocycles. The lowest BCUT2D eigenvalue weighted by atomic mass is 10.1. The summed E-state index contributed by atoms with van der Waals surface area (Å²) in [5, 5.41) is 4.93. The van der Waals surface area contributed by atoms with E-state index in [1.54, 1.807) is 23.6 Å². The summed E-state index contributed by atoms with van der Waals surface area (Å²) in [6.45, 7) is 3.90. The van der Waals surface area contributed by atoms with Gasteiger partial charge in [-0.1, -0.05) is 36.4 Å². The van der Waals surface area contributed by atoms with Gasteiger partial charge in [-0.05, 0) is 60.8 Å². The van der Waals surface area contributed by atoms with Crippen molar-refractivity contribution in [2.45, 2.75) is 18.1 Å². The maximum absolute atomic E-state index is 12.6. The molecule has 0 unspecified atom stereocenters. The Morgan fingerprint density at radius 2 is 1.63 bits per heavy atom. The zero-order valence-corrected chi connectivity index (χ0v) is 18.7. The molecule has 1 aromatic heterocycles. The summed E-state index contributed by atoms with van der Waals surface area (Å²) in [5.41, 5.74) is 8.34. The van der Waals surface area contributed by atoms with Crippen LogP contribution in [0.2, 0.25) is 0 Å². The second kappa shape index (κ2) is 9.24. The topological polar surface area (TPSA) is 99.3 Å². The zero-order chi connectivity index (χ0) is 21.7. The number of carbonyl (C=O) groups excluding carboxylic acids is 1. The molecule has 0 saturated heterocycles. The zero-order valence-electron chi connectivity index (χ0n) is 16.2. The highest BCUT2D eigenvalue weighted by Gasteiger charge is 2.19. The van der Waals surface area contributed by atoms with E-state index >= 15 is 0 Å². The van der Waals surface area contributed by atoms with Crippen LogP contribution in [-0.4, -0.2) is 19.4 Å². The Hall–Kier alpha value is -2.95. The molecule has 10 heteroatoms. The van der Waals surface area contributed by atoms with Gasteiger partial charge in [-0.15, -0.1) is 11.3 Å². The first-order chi connectivity index (χ1) is 14.3. The molecule has 0 aliphatic rings. The molecule has 0 atom stereocenters. The molecule has 2 aromatic carbocycles. The minimum Gasteiger partial charge on any atom is -0.331 e. The number of hydrogen-bond donors (Lipinski definition) is 4. The van der Waals surface area contributed by atoms with Crippen molar-refractivity contribution in [2.75, 3.05) is 10.0 Å². The Morgan fingerprint density at radius 1 is 0.933 bits per heavy atom. The van der Waals surface area contributed by atoms with Crippen molar-refractivity contribution in [3.8, 4) is 0 Å². The van der Waals surface area contributed by atoms with Crippen molar-refractivity contribution in [1.29, 1.82) is 0 Å². The van der Waals surface area contributed by atoms with Crippen LogP contribution in [0.4, 0.5) is 11.4 Å². The van der Waals surface area contributed by atoms with E-state index in [2.05, 4.69) is 20.9 Å². The molecule has 1 amide bonds. The van der Waals surface area contributed by atoms with Crippen LogP contribution in [0.25, 0.3) is 0 Å². The lowest BCUT2D eigenvalue weighted by molar-refractivity contribution is 0.0945. The predicted octanol–water partition coefficient (Wildman–Crippen LogP) is 3.80. The summed E-state index contributed by atoms with van der Waals surface area (Å²) in [5.74, 6) is -0.537. The third-order valence-electron chi connectivity index (χ3n) is 4.19. The quantitative estimate of drug-likeness (QED) is 0.341. The molecule has 0 aliphatic heterocycles. The Balaban J connectivity index is 1.68. The van der Waals surface area contributed by atoms with Crippen LogP contribution in [-0.2, 0) is 10.0 Å². The number of thiocarbonyl (C=S) groups is 1. The molecule has 3 rings (SSSR count). The molecule has 1 heterocycles. The molecule has 0 bridgehead atoms. The van der Waals surface area contributed by atoms with Gasteiger partial charge in [-0.2, -0.15) is 0 Å². The van der Waals surface area contributed by atoms with Gasteiger partial charge in [0, 0.05) is 5.69 Å². The van der Waals surface area contributed by atoms with E-state index in [4.69, 9.17) is 12.2 Å². The Morgan fingerprint density at radius 3 is 2.30 bits per heavy atom. The SMILES string of the molecule is Cc1cccc(C)c1NC(=S)NNC(=O)c1ccccc1NS(=O)(=O)c1cccs1. The number of amides is 1. The van der Waals surface area contributed by atoms with Crippen molar-refractivity contribution < 1.29 is 13.2 Å². The first kappa shape index (κ1) is 21.8. The van der Waals surface area contributed by atoms with Crippen molar-refractivity contribution in [1.82, 2.24) is 10.9 Å². The first-order valence-corrected chi connectivity index (χ1v) is 11.6. The van der Waals surface area contributed by atoms with E-state index in [9.17, 15) is 13.2 Å². The third kappa shape index (κ3) is 5.15. The van der Waals surface area contributed by atoms with Gasteiger partial charge in [0.15, 0.2) is 5.11 Å². The fourth-order valence-corrected chi connectivity index (χ4v) is 4.94. The van der Waals surface area contributed by atoms with Crippen molar-refractivity contribution >= 4 is 56.0 Å². The number of hydrazine groups is 1. The van der Waals surface area contributed by atoms with Gasteiger partial charge in [-0.3, -0.25) is 20.4 Å². The summed E-state index contributed by atoms with van der Waals surface area (Å²) in [4.78, 5) is 12.6. The molecule has 0 spiro atoms. The van der Waals surface area contributed by atoms with Crippen LogP contribution < -0.4 is 20.9 Å². The second-order valence-electron chi connectivity index (χ2n) is 6.38. The maximum Gasteiger partial charge on any atom is 0.271 e. The van der Waals surface area contributed by atoms with Crippen LogP contribution in [0.3, 0.4) is 0 Å². The van der Waals surface area contributed by atoms with Gasteiger partial charge in [0.05, 0.1) is 11.3 Å². The summed E-state index contributed by atoms with van der Waals surface area (Å²) in [6.07, 6.45) is 0. The maximum atomic E-state index is 12.6. The summed E-state index contributed by atoms with van der Waals surface area (Å²) < 4.78 is 27.6. The fraction of sp³-hybridized carbons (Fsp3) is 0.100. The van der Waals surface area contributed by atoms with E-state index < -0.39 is 15.9 Å². The highest BCUT2D eigenvalue weighted by Crippen LogP contribution is 2.23. The minimum absolute atomic E-state index is 0.153. The number of para-hydroxylation sites is 2. The third-order valence-corrected chi connectivity index (χ3v) is 7.15. The van der Waals surface area contributed by atoms with Crippen molar-refractivity contribution in [3.05, 3.63) is 76.7 Å². The van der Waals surface area contributed by atoms with Crippen LogP contribution in [0, 0.1) is 13.8 Å². The largest absolute Gasteiger partial charge is 0.331 e. The van der Waals surface area contributed by atoms with Crippen molar-refractivity contribution in [2.24, 2.45) is 0 Å². The number of sulfonamides is 1. The van der Waals surface area contributed by atoms with E-state index in [1.807, 2.05) is 32.0 Å². The van der Waals surface area contributed by atoms with Crippen LogP contribution in [0.15, 0.2) is 64.2 Å². The Bertz CT molecular complexity index is 1160. The molecule has 0 fully saturated rings. The number of rotatable bonds is 5. The Labute approximate surface area is 184 Å². The molecular formula is C20H20N4O3S3. The van der Waals surface area contributed by atoms with Crippen LogP contribution in [0.1, 0.15) is 21.5 Å². The summed E-state index contributed by atoms with van der Waals surface area (Å²) in [7, 11) is -3.78. The van der Waals surface area contributed by atoms with Gasteiger partial charge >= 0.3 is 0 Å². The molecule has 7 nitrogen and oxygen atoms in total. The standard InChI is InChI=1S/C20H20N4O3S3/c1-13-7-5-8-14(2)18(13)21-20(28)23-22-19(25)15-9-3-4-10-16(15)24-30(26,27)17-11-6-12-29-17/h3-12,24H,1-2H3,(H,22,25)(H2,21,23,28). The second-order valence-corrected chi connectivity index (χ2v) is 9.65. The summed E-state index contributed by atoms with van der Waals surface area (Å²) in [6, 6.07) is 15.3. The number of nitrogens with one attached hydrogen (secondary N) is 4. The minimum atomic E-state index is -3.78. The van der Waals surface area contributed by atoms with Gasteiger partial charge in [0.2, 0.25) is 0 Å². The lowest BCUT2D eigenvalue weighted by Gasteiger charge is -2.16. The van der Waals surface area contributed by atoms with E-state index in [0.29, 0.717) is 0 Å². The average molecular weight is 461 g/mol. The number of thiophene rings is 1. The Kier molecular flexibility index (Phi) is 6.70. The van der Waals surface area contributed by atoms with E-state index in [0.717, 1.165) is 28.2 Å². The average Bonchev–Trinajstić information content (AvgIpc) is 3.25. The highest BCUT2D eigenvalue weighted by molar-refractivity contribution is 7.94. The van der Waals surface area contributed by atoms with Gasteiger partial charge in [0.1, 0.15) is 4.21 Å². The molecule has 0 saturated carbocycles. The normalized spacial score (nSPS) is 10.9. The molecular weight excluding hydrogens is 440 g/mol. The van der Waals surface area contributed by atoms with E-state index in [-0.39, 0.29) is 20.6 Å². The van der Waals surface area contributed by atoms with Crippen LogP contribution in [0.5, 0.6) is 0 Å². The molecule has 3 aromatic rings. The number of hydrogen-bond acceptors (Lipinski definition) is 5. The monoisotopic (exact) mass is 460 g/mol. The molecule has 0 radical (unpaired) electrons. The molecule has 30 heavy (non-hydrogen) atoms. The first-order valence-electron chi connectivity index (χ1n) is 8.87.